The molecule has 3 aliphatic rings. The zero-order valence-electron chi connectivity index (χ0n) is 12.2. The molecular formula is C16H27NO2. The lowest BCUT2D eigenvalue weighted by Gasteiger charge is -2.48. The Morgan fingerprint density at radius 2 is 1.89 bits per heavy atom. The normalized spacial score (nSPS) is 28.4. The predicted molar refractivity (Wildman–Crippen MR) is 74.9 cm³/mol. The Balaban J connectivity index is 1.47. The fourth-order valence-electron chi connectivity index (χ4n) is 4.08. The molecule has 0 aromatic carbocycles. The van der Waals surface area contributed by atoms with Gasteiger partial charge in [-0.25, -0.2) is 0 Å². The lowest BCUT2D eigenvalue weighted by Crippen LogP contribution is -2.54. The standard InChI is InChI=1S/C16H27NO2/c1-13(12-14-4-2-3-5-14)15(18)17-9-6-16(7-10-17)8-11-19-16/h13-14H,2-12H2,1H3/t13-/m1/s1. The van der Waals surface area contributed by atoms with E-state index in [0.717, 1.165) is 44.9 Å². The summed E-state index contributed by atoms with van der Waals surface area (Å²) in [4.78, 5) is 14.6. The Kier molecular flexibility index (Phi) is 3.84. The average molecular weight is 265 g/mol. The molecular weight excluding hydrogens is 238 g/mol. The van der Waals surface area contributed by atoms with Crippen LogP contribution >= 0.6 is 0 Å². The smallest absolute Gasteiger partial charge is 0.225 e. The average Bonchev–Trinajstić information content (AvgIpc) is 2.89. The minimum atomic E-state index is 0.158. The predicted octanol–water partition coefficient (Wildman–Crippen LogP) is 2.98. The number of rotatable bonds is 3. The first-order valence-corrected chi connectivity index (χ1v) is 8.11. The van der Waals surface area contributed by atoms with E-state index < -0.39 is 0 Å². The van der Waals surface area contributed by atoms with Crippen molar-refractivity contribution in [1.82, 2.24) is 4.90 Å². The molecule has 2 aliphatic heterocycles. The van der Waals surface area contributed by atoms with E-state index in [4.69, 9.17) is 4.74 Å². The van der Waals surface area contributed by atoms with E-state index in [2.05, 4.69) is 11.8 Å². The molecule has 3 rings (SSSR count). The maximum Gasteiger partial charge on any atom is 0.225 e. The van der Waals surface area contributed by atoms with Crippen LogP contribution in [0.5, 0.6) is 0 Å². The molecule has 1 spiro atoms. The summed E-state index contributed by atoms with van der Waals surface area (Å²) in [6.45, 7) is 4.87. The highest BCUT2D eigenvalue weighted by Crippen LogP contribution is 2.37. The third kappa shape index (κ3) is 2.81. The van der Waals surface area contributed by atoms with Gasteiger partial charge in [-0.3, -0.25) is 4.79 Å². The van der Waals surface area contributed by atoms with E-state index in [-0.39, 0.29) is 11.5 Å². The van der Waals surface area contributed by atoms with E-state index in [1.54, 1.807) is 0 Å². The van der Waals surface area contributed by atoms with Gasteiger partial charge >= 0.3 is 0 Å². The van der Waals surface area contributed by atoms with Gasteiger partial charge in [0.15, 0.2) is 0 Å². The number of hydrogen-bond acceptors (Lipinski definition) is 2. The van der Waals surface area contributed by atoms with Crippen LogP contribution in [-0.4, -0.2) is 36.1 Å². The number of piperidine rings is 1. The van der Waals surface area contributed by atoms with Crippen molar-refractivity contribution in [3.05, 3.63) is 0 Å². The van der Waals surface area contributed by atoms with Crippen molar-refractivity contribution in [3.63, 3.8) is 0 Å². The summed E-state index contributed by atoms with van der Waals surface area (Å²) in [7, 11) is 0. The molecule has 2 saturated heterocycles. The van der Waals surface area contributed by atoms with Gasteiger partial charge in [0.05, 0.1) is 12.2 Å². The summed E-state index contributed by atoms with van der Waals surface area (Å²) in [5.41, 5.74) is 0.158. The number of amides is 1. The van der Waals surface area contributed by atoms with Crippen LogP contribution in [0.3, 0.4) is 0 Å². The third-order valence-electron chi connectivity index (χ3n) is 5.54. The minimum absolute atomic E-state index is 0.158. The van der Waals surface area contributed by atoms with Crippen LogP contribution in [0.2, 0.25) is 0 Å². The molecule has 1 aliphatic carbocycles. The second kappa shape index (κ2) is 5.43. The SMILES string of the molecule is C[C@H](CC1CCCC1)C(=O)N1CCC2(CCO2)CC1. The van der Waals surface area contributed by atoms with Crippen LogP contribution in [0, 0.1) is 11.8 Å². The molecule has 1 saturated carbocycles. The van der Waals surface area contributed by atoms with Gasteiger partial charge in [-0.15, -0.1) is 0 Å². The quantitative estimate of drug-likeness (QED) is 0.785. The van der Waals surface area contributed by atoms with Crippen molar-refractivity contribution in [3.8, 4) is 0 Å². The van der Waals surface area contributed by atoms with E-state index in [0.29, 0.717) is 5.91 Å². The van der Waals surface area contributed by atoms with Crippen LogP contribution in [0.15, 0.2) is 0 Å². The molecule has 108 valence electrons. The van der Waals surface area contributed by atoms with Crippen molar-refractivity contribution in [2.24, 2.45) is 11.8 Å². The Labute approximate surface area is 116 Å². The van der Waals surface area contributed by atoms with E-state index in [9.17, 15) is 4.79 Å². The van der Waals surface area contributed by atoms with E-state index >= 15 is 0 Å². The van der Waals surface area contributed by atoms with Gasteiger partial charge < -0.3 is 9.64 Å². The fourth-order valence-corrected chi connectivity index (χ4v) is 4.08. The maximum atomic E-state index is 12.5. The molecule has 19 heavy (non-hydrogen) atoms. The number of nitrogens with zero attached hydrogens (tertiary/aromatic N) is 1. The van der Waals surface area contributed by atoms with Gasteiger partial charge in [0.25, 0.3) is 0 Å². The van der Waals surface area contributed by atoms with Crippen molar-refractivity contribution in [2.75, 3.05) is 19.7 Å². The summed E-state index contributed by atoms with van der Waals surface area (Å²) in [5.74, 6) is 1.42. The Morgan fingerprint density at radius 3 is 2.42 bits per heavy atom. The number of ether oxygens (including phenoxy) is 1. The second-order valence-electron chi connectivity index (χ2n) is 6.89. The van der Waals surface area contributed by atoms with Gasteiger partial charge in [0, 0.05) is 19.0 Å². The third-order valence-corrected chi connectivity index (χ3v) is 5.54. The van der Waals surface area contributed by atoms with Crippen molar-refractivity contribution in [1.29, 1.82) is 0 Å². The lowest BCUT2D eigenvalue weighted by molar-refractivity contribution is -0.177. The summed E-state index contributed by atoms with van der Waals surface area (Å²) >= 11 is 0. The zero-order valence-corrected chi connectivity index (χ0v) is 12.2. The lowest BCUT2D eigenvalue weighted by atomic mass is 9.84. The Morgan fingerprint density at radius 1 is 1.26 bits per heavy atom. The minimum Gasteiger partial charge on any atom is -0.375 e. The van der Waals surface area contributed by atoms with Crippen LogP contribution in [0.4, 0.5) is 0 Å². The fraction of sp³-hybridized carbons (Fsp3) is 0.938. The molecule has 0 bridgehead atoms. The van der Waals surface area contributed by atoms with Gasteiger partial charge in [0.1, 0.15) is 0 Å². The highest BCUT2D eigenvalue weighted by atomic mass is 16.5. The molecule has 0 radical (unpaired) electrons. The summed E-state index contributed by atoms with van der Waals surface area (Å²) in [6, 6.07) is 0. The van der Waals surface area contributed by atoms with Crippen LogP contribution in [-0.2, 0) is 9.53 Å². The highest BCUT2D eigenvalue weighted by Gasteiger charge is 2.42. The zero-order chi connectivity index (χ0) is 13.3. The number of hydrogen-bond donors (Lipinski definition) is 0. The molecule has 0 aromatic heterocycles. The summed E-state index contributed by atoms with van der Waals surface area (Å²) in [6.07, 6.45) is 9.83. The largest absolute Gasteiger partial charge is 0.375 e. The van der Waals surface area contributed by atoms with Gasteiger partial charge in [-0.1, -0.05) is 32.6 Å². The van der Waals surface area contributed by atoms with Crippen LogP contribution < -0.4 is 0 Å². The number of likely N-dealkylation sites (tertiary alicyclic amines) is 1. The summed E-state index contributed by atoms with van der Waals surface area (Å²) < 4.78 is 5.72. The topological polar surface area (TPSA) is 29.5 Å². The number of carbonyl (C=O) groups is 1. The number of carbonyl (C=O) groups excluding carboxylic acids is 1. The maximum absolute atomic E-state index is 12.5. The molecule has 3 nitrogen and oxygen atoms in total. The molecule has 0 unspecified atom stereocenters. The van der Waals surface area contributed by atoms with Gasteiger partial charge in [-0.2, -0.15) is 0 Å². The van der Waals surface area contributed by atoms with E-state index in [1.807, 2.05) is 0 Å². The molecule has 2 heterocycles. The second-order valence-corrected chi connectivity index (χ2v) is 6.89. The molecule has 1 atom stereocenters. The van der Waals surface area contributed by atoms with Gasteiger partial charge in [-0.05, 0) is 31.6 Å². The first-order valence-electron chi connectivity index (χ1n) is 8.11. The monoisotopic (exact) mass is 265 g/mol. The van der Waals surface area contributed by atoms with Crippen LogP contribution in [0.1, 0.15) is 58.3 Å². The molecule has 3 fully saturated rings. The van der Waals surface area contributed by atoms with Crippen molar-refractivity contribution >= 4 is 5.91 Å². The first-order chi connectivity index (χ1) is 9.19. The summed E-state index contributed by atoms with van der Waals surface area (Å²) in [5, 5.41) is 0. The molecule has 3 heteroatoms. The van der Waals surface area contributed by atoms with Crippen LogP contribution in [0.25, 0.3) is 0 Å². The van der Waals surface area contributed by atoms with E-state index in [1.165, 1.54) is 32.1 Å². The Bertz CT molecular complexity index is 322. The van der Waals surface area contributed by atoms with Gasteiger partial charge in [0.2, 0.25) is 5.91 Å². The molecule has 0 N–H and O–H groups in total. The molecule has 0 aromatic rings. The van der Waals surface area contributed by atoms with Crippen molar-refractivity contribution < 1.29 is 9.53 Å². The van der Waals surface area contributed by atoms with Crippen molar-refractivity contribution in [2.45, 2.75) is 63.9 Å². The highest BCUT2D eigenvalue weighted by molar-refractivity contribution is 5.78. The Hall–Kier alpha value is -0.570. The first kappa shape index (κ1) is 13.4. The molecule has 1 amide bonds.